The van der Waals surface area contributed by atoms with Crippen molar-refractivity contribution in [1.82, 2.24) is 4.67 Å². The zero-order valence-electron chi connectivity index (χ0n) is 7.57. The summed E-state index contributed by atoms with van der Waals surface area (Å²) in [6, 6.07) is 0. The second kappa shape index (κ2) is 4.03. The van der Waals surface area contributed by atoms with Gasteiger partial charge >= 0.3 is 0 Å². The van der Waals surface area contributed by atoms with Crippen molar-refractivity contribution >= 4 is 20.0 Å². The van der Waals surface area contributed by atoms with E-state index in [4.69, 9.17) is 4.52 Å². The fourth-order valence-corrected chi connectivity index (χ4v) is 2.17. The van der Waals surface area contributed by atoms with Gasteiger partial charge in [0.05, 0.1) is 6.10 Å². The predicted molar refractivity (Wildman–Crippen MR) is 46.3 cm³/mol. The summed E-state index contributed by atoms with van der Waals surface area (Å²) in [4.78, 5) is 22.1. The molecule has 1 fully saturated rings. The Hall–Kier alpha value is -0.670. The first-order chi connectivity index (χ1) is 6.02. The highest BCUT2D eigenvalue weighted by molar-refractivity contribution is 7.38. The smallest absolute Gasteiger partial charge is 0.293 e. The number of carbonyl (C=O) groups is 2. The molecule has 1 heterocycles. The second-order valence-corrected chi connectivity index (χ2v) is 4.27. The van der Waals surface area contributed by atoms with Crippen LogP contribution in [0.2, 0.25) is 0 Å². The van der Waals surface area contributed by atoms with Gasteiger partial charge in [-0.2, -0.15) is 0 Å². The van der Waals surface area contributed by atoms with Gasteiger partial charge in [-0.15, -0.1) is 0 Å². The van der Waals surface area contributed by atoms with Crippen LogP contribution < -0.4 is 0 Å². The minimum atomic E-state index is -2.68. The molecule has 0 spiro atoms. The molecule has 0 aromatic carbocycles. The van der Waals surface area contributed by atoms with Gasteiger partial charge in [0, 0.05) is 12.8 Å². The van der Waals surface area contributed by atoms with Crippen molar-refractivity contribution in [3.05, 3.63) is 0 Å². The maximum Gasteiger partial charge on any atom is 0.293 e. The number of hydrogen-bond donors (Lipinski definition) is 0. The molecule has 1 aliphatic rings. The highest BCUT2D eigenvalue weighted by atomic mass is 31.1. The molecule has 0 aliphatic carbocycles. The monoisotopic (exact) mass is 205 g/mol. The number of rotatable bonds is 3. The highest BCUT2D eigenvalue weighted by Gasteiger charge is 2.33. The first kappa shape index (κ1) is 10.4. The summed E-state index contributed by atoms with van der Waals surface area (Å²) in [5.74, 6) is -0.788. The Kier molecular flexibility index (Phi) is 3.22. The average molecular weight is 205 g/mol. The molecule has 1 unspecified atom stereocenters. The molecule has 1 aliphatic heterocycles. The molecule has 0 aromatic rings. The van der Waals surface area contributed by atoms with Gasteiger partial charge in [-0.1, -0.05) is 0 Å². The van der Waals surface area contributed by atoms with Crippen LogP contribution in [0.4, 0.5) is 0 Å². The summed E-state index contributed by atoms with van der Waals surface area (Å²) in [6.45, 7) is 3.40. The maximum absolute atomic E-state index is 11.3. The summed E-state index contributed by atoms with van der Waals surface area (Å²) in [5, 5.41) is 0. The molecule has 0 aromatic heterocycles. The lowest BCUT2D eigenvalue weighted by Gasteiger charge is -2.14. The lowest BCUT2D eigenvalue weighted by molar-refractivity contribution is -0.132. The van der Waals surface area contributed by atoms with Crippen molar-refractivity contribution in [2.75, 3.05) is 0 Å². The summed E-state index contributed by atoms with van der Waals surface area (Å²) in [6.07, 6.45) is 0.0560. The van der Waals surface area contributed by atoms with E-state index in [0.29, 0.717) is 0 Å². The van der Waals surface area contributed by atoms with E-state index < -0.39 is 20.0 Å². The van der Waals surface area contributed by atoms with Crippen LogP contribution in [0.25, 0.3) is 0 Å². The van der Waals surface area contributed by atoms with Gasteiger partial charge in [-0.25, -0.2) is 4.67 Å². The van der Waals surface area contributed by atoms with E-state index in [1.54, 1.807) is 13.8 Å². The number of amides is 2. The molecular formula is C7H12NO4P. The molecule has 1 rings (SSSR count). The first-order valence-corrected chi connectivity index (χ1v) is 5.35. The highest BCUT2D eigenvalue weighted by Crippen LogP contribution is 2.35. The molecule has 5 nitrogen and oxygen atoms in total. The largest absolute Gasteiger partial charge is 0.312 e. The predicted octanol–water partition coefficient (Wildman–Crippen LogP) is 0.950. The third-order valence-electron chi connectivity index (χ3n) is 1.57. The summed E-state index contributed by atoms with van der Waals surface area (Å²) >= 11 is 0. The quantitative estimate of drug-likeness (QED) is 0.508. The van der Waals surface area contributed by atoms with Gasteiger partial charge in [0.15, 0.2) is 0 Å². The molecule has 0 radical (unpaired) electrons. The zero-order valence-corrected chi connectivity index (χ0v) is 8.57. The standard InChI is InChI=1S/C7H12NO4P/c1-5(2)12-13(11)8-6(9)3-4-7(8)10/h5,13H,3-4H2,1-2H3. The maximum atomic E-state index is 11.3. The summed E-state index contributed by atoms with van der Waals surface area (Å²) in [7, 11) is -2.68. The minimum Gasteiger partial charge on any atom is -0.312 e. The van der Waals surface area contributed by atoms with E-state index in [2.05, 4.69) is 0 Å². The van der Waals surface area contributed by atoms with Crippen LogP contribution in [0, 0.1) is 0 Å². The Balaban J connectivity index is 2.65. The molecule has 0 bridgehead atoms. The van der Waals surface area contributed by atoms with Gasteiger partial charge in [-0.05, 0) is 13.8 Å². The van der Waals surface area contributed by atoms with Crippen LogP contribution in [-0.2, 0) is 18.7 Å². The molecule has 0 N–H and O–H groups in total. The SMILES string of the molecule is CC(C)O[PH](=O)N1C(=O)CCC1=O. The topological polar surface area (TPSA) is 63.7 Å². The Morgan fingerprint density at radius 1 is 1.31 bits per heavy atom. The Labute approximate surface area is 77.0 Å². The van der Waals surface area contributed by atoms with Crippen molar-refractivity contribution in [1.29, 1.82) is 0 Å². The van der Waals surface area contributed by atoms with E-state index in [1.165, 1.54) is 0 Å². The number of carbonyl (C=O) groups excluding carboxylic acids is 2. The van der Waals surface area contributed by atoms with Crippen LogP contribution in [0.1, 0.15) is 26.7 Å². The summed E-state index contributed by atoms with van der Waals surface area (Å²) < 4.78 is 17.0. The lowest BCUT2D eigenvalue weighted by atomic mass is 10.4. The molecule has 1 saturated heterocycles. The molecule has 2 amide bonds. The van der Waals surface area contributed by atoms with Crippen molar-refractivity contribution in [3.8, 4) is 0 Å². The Bertz CT molecular complexity index is 247. The second-order valence-electron chi connectivity index (χ2n) is 3.06. The zero-order chi connectivity index (χ0) is 10.0. The fourth-order valence-electron chi connectivity index (χ4n) is 1.03. The fraction of sp³-hybridized carbons (Fsp3) is 0.714. The van der Waals surface area contributed by atoms with Crippen LogP contribution in [0.3, 0.4) is 0 Å². The van der Waals surface area contributed by atoms with Crippen LogP contribution in [-0.4, -0.2) is 22.6 Å². The Morgan fingerprint density at radius 2 is 1.77 bits per heavy atom. The molecule has 6 heteroatoms. The van der Waals surface area contributed by atoms with Crippen molar-refractivity contribution in [2.45, 2.75) is 32.8 Å². The van der Waals surface area contributed by atoms with Crippen LogP contribution in [0.5, 0.6) is 0 Å². The van der Waals surface area contributed by atoms with Crippen molar-refractivity contribution in [3.63, 3.8) is 0 Å². The van der Waals surface area contributed by atoms with Gasteiger partial charge in [0.2, 0.25) is 11.8 Å². The minimum absolute atomic E-state index is 0.149. The molecule has 0 saturated carbocycles. The number of hydrogen-bond acceptors (Lipinski definition) is 4. The van der Waals surface area contributed by atoms with Crippen molar-refractivity contribution in [2.24, 2.45) is 0 Å². The average Bonchev–Trinajstić information content (AvgIpc) is 2.29. The van der Waals surface area contributed by atoms with Gasteiger partial charge < -0.3 is 4.52 Å². The molecular weight excluding hydrogens is 193 g/mol. The van der Waals surface area contributed by atoms with Gasteiger partial charge in [-0.3, -0.25) is 14.2 Å². The van der Waals surface area contributed by atoms with Crippen molar-refractivity contribution < 1.29 is 18.7 Å². The van der Waals surface area contributed by atoms with Gasteiger partial charge in [0.25, 0.3) is 8.18 Å². The Morgan fingerprint density at radius 3 is 2.15 bits per heavy atom. The molecule has 74 valence electrons. The summed E-state index contributed by atoms with van der Waals surface area (Å²) in [5.41, 5.74) is 0. The van der Waals surface area contributed by atoms with E-state index >= 15 is 0 Å². The number of nitrogens with zero attached hydrogens (tertiary/aromatic N) is 1. The first-order valence-electron chi connectivity index (χ1n) is 4.08. The lowest BCUT2D eigenvalue weighted by Crippen LogP contribution is -2.22. The van der Waals surface area contributed by atoms with E-state index in [9.17, 15) is 14.2 Å². The van der Waals surface area contributed by atoms with E-state index in [1.807, 2.05) is 0 Å². The number of imide groups is 1. The third-order valence-corrected chi connectivity index (χ3v) is 3.11. The van der Waals surface area contributed by atoms with Gasteiger partial charge in [0.1, 0.15) is 0 Å². The van der Waals surface area contributed by atoms with Crippen LogP contribution >= 0.6 is 8.18 Å². The molecule has 1 atom stereocenters. The van der Waals surface area contributed by atoms with Crippen LogP contribution in [0.15, 0.2) is 0 Å². The van der Waals surface area contributed by atoms with E-state index in [-0.39, 0.29) is 18.9 Å². The van der Waals surface area contributed by atoms with E-state index in [0.717, 1.165) is 4.67 Å². The third kappa shape index (κ3) is 2.39. The molecule has 13 heavy (non-hydrogen) atoms. The normalized spacial score (nSPS) is 20.1.